The van der Waals surface area contributed by atoms with Crippen molar-refractivity contribution in [3.8, 4) is 0 Å². The van der Waals surface area contributed by atoms with Gasteiger partial charge in [-0.15, -0.1) is 0 Å². The number of piperidine rings is 1. The van der Waals surface area contributed by atoms with E-state index in [0.717, 1.165) is 12.8 Å². The molecule has 1 saturated heterocycles. The molecule has 1 aliphatic rings. The van der Waals surface area contributed by atoms with Crippen molar-refractivity contribution >= 4 is 0 Å². The zero-order valence-corrected chi connectivity index (χ0v) is 10.2. The molecular formula is C12H25NO. The second-order valence-corrected chi connectivity index (χ2v) is 4.92. The molecule has 2 heteroatoms. The van der Waals surface area contributed by atoms with Gasteiger partial charge >= 0.3 is 0 Å². The summed E-state index contributed by atoms with van der Waals surface area (Å²) in [4.78, 5) is 0. The minimum Gasteiger partial charge on any atom is -0.392 e. The van der Waals surface area contributed by atoms with E-state index < -0.39 is 0 Å². The third-order valence-corrected chi connectivity index (χ3v) is 4.57. The van der Waals surface area contributed by atoms with Gasteiger partial charge < -0.3 is 10.4 Å². The summed E-state index contributed by atoms with van der Waals surface area (Å²) in [7, 11) is 0. The molecule has 0 radical (unpaired) electrons. The summed E-state index contributed by atoms with van der Waals surface area (Å²) < 4.78 is 0. The van der Waals surface area contributed by atoms with Crippen LogP contribution in [0.3, 0.4) is 0 Å². The van der Waals surface area contributed by atoms with Crippen molar-refractivity contribution in [2.45, 2.75) is 65.6 Å². The summed E-state index contributed by atoms with van der Waals surface area (Å²) in [6.45, 7) is 10.9. The Bertz CT molecular complexity index is 189. The Balaban J connectivity index is 2.93. The molecule has 1 aliphatic heterocycles. The van der Waals surface area contributed by atoms with Gasteiger partial charge in [0.25, 0.3) is 0 Å². The molecule has 0 aliphatic carbocycles. The van der Waals surface area contributed by atoms with Crippen molar-refractivity contribution in [2.24, 2.45) is 11.3 Å². The average molecular weight is 199 g/mol. The van der Waals surface area contributed by atoms with Gasteiger partial charge in [-0.1, -0.05) is 20.8 Å². The van der Waals surface area contributed by atoms with Crippen LogP contribution in [0.2, 0.25) is 0 Å². The summed E-state index contributed by atoms with van der Waals surface area (Å²) in [6.07, 6.45) is 1.94. The second kappa shape index (κ2) is 4.19. The Morgan fingerprint density at radius 1 is 1.14 bits per heavy atom. The molecule has 1 heterocycles. The van der Waals surface area contributed by atoms with Gasteiger partial charge in [-0.2, -0.15) is 0 Å². The van der Waals surface area contributed by atoms with Crippen molar-refractivity contribution in [1.29, 1.82) is 0 Å². The third kappa shape index (κ3) is 1.59. The number of hydrogen-bond donors (Lipinski definition) is 2. The molecule has 0 amide bonds. The monoisotopic (exact) mass is 199 g/mol. The first kappa shape index (κ1) is 12.0. The topological polar surface area (TPSA) is 32.3 Å². The molecule has 0 spiro atoms. The first-order chi connectivity index (χ1) is 6.49. The lowest BCUT2D eigenvalue weighted by molar-refractivity contribution is -0.0807. The largest absolute Gasteiger partial charge is 0.392 e. The number of nitrogens with one attached hydrogen (secondary N) is 1. The van der Waals surface area contributed by atoms with Crippen molar-refractivity contribution in [2.75, 3.05) is 0 Å². The Morgan fingerprint density at radius 3 is 2.07 bits per heavy atom. The normalized spacial score (nSPS) is 42.4. The SMILES string of the molecule is CCC1(CC)C(C)NC(C)C(C)C1O. The molecule has 0 bridgehead atoms. The van der Waals surface area contributed by atoms with E-state index in [1.165, 1.54) is 0 Å². The summed E-state index contributed by atoms with van der Waals surface area (Å²) in [6, 6.07) is 0.838. The minimum atomic E-state index is -0.163. The first-order valence-electron chi connectivity index (χ1n) is 5.93. The second-order valence-electron chi connectivity index (χ2n) is 4.92. The van der Waals surface area contributed by atoms with E-state index in [9.17, 15) is 5.11 Å². The molecule has 14 heavy (non-hydrogen) atoms. The summed E-state index contributed by atoms with van der Waals surface area (Å²) >= 11 is 0. The number of aliphatic hydroxyl groups is 1. The van der Waals surface area contributed by atoms with E-state index in [2.05, 4.69) is 39.9 Å². The Morgan fingerprint density at radius 2 is 1.64 bits per heavy atom. The van der Waals surface area contributed by atoms with E-state index in [1.54, 1.807) is 0 Å². The van der Waals surface area contributed by atoms with Gasteiger partial charge in [-0.25, -0.2) is 0 Å². The van der Waals surface area contributed by atoms with Crippen LogP contribution in [0.25, 0.3) is 0 Å². The van der Waals surface area contributed by atoms with Crippen LogP contribution in [-0.4, -0.2) is 23.3 Å². The standard InChI is InChI=1S/C12H25NO/c1-6-12(7-2)10(5)13-9(4)8(3)11(12)14/h8-11,13-14H,6-7H2,1-5H3. The zero-order valence-electron chi connectivity index (χ0n) is 10.2. The van der Waals surface area contributed by atoms with Gasteiger partial charge in [0.15, 0.2) is 0 Å². The number of rotatable bonds is 2. The van der Waals surface area contributed by atoms with E-state index in [0.29, 0.717) is 18.0 Å². The summed E-state index contributed by atoms with van der Waals surface area (Å²) in [5.74, 6) is 0.353. The molecule has 1 fully saturated rings. The first-order valence-corrected chi connectivity index (χ1v) is 5.93. The van der Waals surface area contributed by atoms with Crippen molar-refractivity contribution in [3.63, 3.8) is 0 Å². The van der Waals surface area contributed by atoms with Crippen LogP contribution >= 0.6 is 0 Å². The van der Waals surface area contributed by atoms with Gasteiger partial charge in [-0.3, -0.25) is 0 Å². The molecule has 0 saturated carbocycles. The predicted octanol–water partition coefficient (Wildman–Crippen LogP) is 2.17. The van der Waals surface area contributed by atoms with E-state index in [4.69, 9.17) is 0 Å². The molecule has 0 aromatic heterocycles. The molecule has 1 rings (SSSR count). The highest BCUT2D eigenvalue weighted by Crippen LogP contribution is 2.42. The average Bonchev–Trinajstić information content (AvgIpc) is 2.17. The predicted molar refractivity (Wildman–Crippen MR) is 60.2 cm³/mol. The van der Waals surface area contributed by atoms with Gasteiger partial charge in [0.2, 0.25) is 0 Å². The van der Waals surface area contributed by atoms with Crippen LogP contribution in [-0.2, 0) is 0 Å². The van der Waals surface area contributed by atoms with Gasteiger partial charge in [0, 0.05) is 17.5 Å². The highest BCUT2D eigenvalue weighted by atomic mass is 16.3. The van der Waals surface area contributed by atoms with Crippen LogP contribution in [0.5, 0.6) is 0 Å². The summed E-state index contributed by atoms with van der Waals surface area (Å²) in [5.41, 5.74) is 0.0753. The lowest BCUT2D eigenvalue weighted by Gasteiger charge is -2.51. The maximum Gasteiger partial charge on any atom is 0.0651 e. The van der Waals surface area contributed by atoms with Crippen LogP contribution in [0.15, 0.2) is 0 Å². The van der Waals surface area contributed by atoms with Crippen molar-refractivity contribution < 1.29 is 5.11 Å². The van der Waals surface area contributed by atoms with Crippen LogP contribution < -0.4 is 5.32 Å². The van der Waals surface area contributed by atoms with E-state index >= 15 is 0 Å². The Kier molecular flexibility index (Phi) is 3.59. The van der Waals surface area contributed by atoms with Crippen molar-refractivity contribution in [1.82, 2.24) is 5.32 Å². The molecule has 2 nitrogen and oxygen atoms in total. The molecule has 0 aromatic carbocycles. The molecule has 0 aromatic rings. The maximum atomic E-state index is 10.4. The molecular weight excluding hydrogens is 174 g/mol. The molecule has 2 N–H and O–H groups in total. The number of aliphatic hydroxyl groups excluding tert-OH is 1. The highest BCUT2D eigenvalue weighted by molar-refractivity contribution is 5.01. The van der Waals surface area contributed by atoms with Crippen LogP contribution in [0.4, 0.5) is 0 Å². The fraction of sp³-hybridized carbons (Fsp3) is 1.00. The van der Waals surface area contributed by atoms with Crippen LogP contribution in [0, 0.1) is 11.3 Å². The van der Waals surface area contributed by atoms with Gasteiger partial charge in [0.05, 0.1) is 6.10 Å². The van der Waals surface area contributed by atoms with E-state index in [-0.39, 0.29) is 11.5 Å². The highest BCUT2D eigenvalue weighted by Gasteiger charge is 2.47. The van der Waals surface area contributed by atoms with Crippen LogP contribution in [0.1, 0.15) is 47.5 Å². The number of hydrogen-bond acceptors (Lipinski definition) is 2. The van der Waals surface area contributed by atoms with Crippen molar-refractivity contribution in [3.05, 3.63) is 0 Å². The smallest absolute Gasteiger partial charge is 0.0651 e. The van der Waals surface area contributed by atoms with Gasteiger partial charge in [-0.05, 0) is 32.6 Å². The van der Waals surface area contributed by atoms with E-state index in [1.807, 2.05) is 0 Å². The summed E-state index contributed by atoms with van der Waals surface area (Å²) in [5, 5.41) is 14.0. The van der Waals surface area contributed by atoms with Gasteiger partial charge in [0.1, 0.15) is 0 Å². The lowest BCUT2D eigenvalue weighted by atomic mass is 9.64. The quantitative estimate of drug-likeness (QED) is 0.714. The zero-order chi connectivity index (χ0) is 10.9. The fourth-order valence-electron chi connectivity index (χ4n) is 3.05. The molecule has 84 valence electrons. The Labute approximate surface area is 88.1 Å². The minimum absolute atomic E-state index is 0.0753. The third-order valence-electron chi connectivity index (χ3n) is 4.57. The molecule has 4 unspecified atom stereocenters. The Hall–Kier alpha value is -0.0800. The molecule has 4 atom stereocenters. The fourth-order valence-corrected chi connectivity index (χ4v) is 3.05. The lowest BCUT2D eigenvalue weighted by Crippen LogP contribution is -2.62. The maximum absolute atomic E-state index is 10.4.